The van der Waals surface area contributed by atoms with Crippen molar-refractivity contribution in [2.75, 3.05) is 6.61 Å². The molecule has 5 heteroatoms. The number of carbonyl (C=O) groups excluding carboxylic acids is 2. The highest BCUT2D eigenvalue weighted by molar-refractivity contribution is 5.89. The molecule has 0 saturated carbocycles. The summed E-state index contributed by atoms with van der Waals surface area (Å²) in [4.78, 5) is 26.9. The lowest BCUT2D eigenvalue weighted by atomic mass is 9.97. The molecule has 0 spiro atoms. The minimum absolute atomic E-state index is 0.0220. The Morgan fingerprint density at radius 3 is 2.59 bits per heavy atom. The zero-order chi connectivity index (χ0) is 20.4. The topological polar surface area (TPSA) is 55.8 Å². The number of amides is 1. The lowest BCUT2D eigenvalue weighted by molar-refractivity contribution is -0.136. The van der Waals surface area contributed by atoms with Gasteiger partial charge in [-0.3, -0.25) is 4.79 Å². The van der Waals surface area contributed by atoms with Crippen molar-refractivity contribution in [1.82, 2.24) is 4.90 Å². The van der Waals surface area contributed by atoms with Crippen LogP contribution in [0.15, 0.2) is 79.4 Å². The van der Waals surface area contributed by atoms with E-state index in [2.05, 4.69) is 13.2 Å². The van der Waals surface area contributed by atoms with Crippen LogP contribution in [-0.2, 0) is 20.9 Å². The second-order valence-corrected chi connectivity index (χ2v) is 7.34. The summed E-state index contributed by atoms with van der Waals surface area (Å²) in [7, 11) is 0. The average Bonchev–Trinajstić information content (AvgIpc) is 3.32. The number of allylic oxidation sites excluding steroid dienone is 1. The maximum atomic E-state index is 12.8. The van der Waals surface area contributed by atoms with Crippen molar-refractivity contribution >= 4 is 11.9 Å². The number of hydrogen-bond donors (Lipinski definition) is 0. The molecule has 5 nitrogen and oxygen atoms in total. The van der Waals surface area contributed by atoms with Gasteiger partial charge >= 0.3 is 5.97 Å². The van der Waals surface area contributed by atoms with E-state index in [-0.39, 0.29) is 30.4 Å². The quantitative estimate of drug-likeness (QED) is 0.553. The smallest absolute Gasteiger partial charge is 0.338 e. The first kappa shape index (κ1) is 19.2. The molecule has 1 amide bonds. The Bertz CT molecular complexity index is 935. The average molecular weight is 389 g/mol. The van der Waals surface area contributed by atoms with Crippen molar-refractivity contribution in [3.8, 4) is 0 Å². The van der Waals surface area contributed by atoms with Crippen LogP contribution in [0.1, 0.15) is 34.1 Å². The van der Waals surface area contributed by atoms with Gasteiger partial charge in [-0.15, -0.1) is 0 Å². The van der Waals surface area contributed by atoms with Crippen molar-refractivity contribution in [1.29, 1.82) is 0 Å². The summed E-state index contributed by atoms with van der Waals surface area (Å²) < 4.78 is 11.2. The Morgan fingerprint density at radius 2 is 1.90 bits per heavy atom. The first-order chi connectivity index (χ1) is 14.1. The van der Waals surface area contributed by atoms with E-state index in [0.717, 1.165) is 16.7 Å². The van der Waals surface area contributed by atoms with Crippen LogP contribution in [0.5, 0.6) is 0 Å². The van der Waals surface area contributed by atoms with E-state index in [0.29, 0.717) is 18.6 Å². The van der Waals surface area contributed by atoms with Crippen LogP contribution in [0, 0.1) is 5.92 Å². The molecule has 148 valence electrons. The fourth-order valence-corrected chi connectivity index (χ4v) is 3.88. The predicted molar refractivity (Wildman–Crippen MR) is 109 cm³/mol. The molecule has 0 radical (unpaired) electrons. The minimum Gasteiger partial charge on any atom is -0.457 e. The van der Waals surface area contributed by atoms with Crippen LogP contribution >= 0.6 is 0 Å². The molecule has 0 aliphatic carbocycles. The van der Waals surface area contributed by atoms with E-state index in [4.69, 9.17) is 9.47 Å². The van der Waals surface area contributed by atoms with Gasteiger partial charge in [0.25, 0.3) is 0 Å². The number of ether oxygens (including phenoxy) is 2. The maximum Gasteiger partial charge on any atom is 0.338 e. The van der Waals surface area contributed by atoms with Crippen molar-refractivity contribution in [3.63, 3.8) is 0 Å². The van der Waals surface area contributed by atoms with E-state index >= 15 is 0 Å². The van der Waals surface area contributed by atoms with E-state index < -0.39 is 6.23 Å². The molecule has 2 aromatic rings. The number of esters is 1. The lowest BCUT2D eigenvalue weighted by Crippen LogP contribution is -2.32. The van der Waals surface area contributed by atoms with Crippen LogP contribution < -0.4 is 0 Å². The molecule has 0 bridgehead atoms. The zero-order valence-electron chi connectivity index (χ0n) is 16.1. The highest BCUT2D eigenvalue weighted by atomic mass is 16.5. The first-order valence-electron chi connectivity index (χ1n) is 9.64. The lowest BCUT2D eigenvalue weighted by Gasteiger charge is -2.23. The van der Waals surface area contributed by atoms with Crippen LogP contribution in [0.25, 0.3) is 0 Å². The number of rotatable bonds is 6. The molecule has 2 saturated heterocycles. The molecule has 29 heavy (non-hydrogen) atoms. The second-order valence-electron chi connectivity index (χ2n) is 7.34. The van der Waals surface area contributed by atoms with Gasteiger partial charge in [-0.05, 0) is 29.7 Å². The predicted octanol–water partition coefficient (Wildman–Crippen LogP) is 4.03. The SMILES string of the molecule is C=CC(=C)[C@@H]1C[C@H]2CO[C@H](c3ccc(C(=O)OCc4ccccc4)cc3)N2C1=O. The van der Waals surface area contributed by atoms with Gasteiger partial charge in [0.15, 0.2) is 6.23 Å². The molecular weight excluding hydrogens is 366 g/mol. The third-order valence-corrected chi connectivity index (χ3v) is 5.51. The fraction of sp³-hybridized carbons (Fsp3) is 0.250. The molecule has 0 N–H and O–H groups in total. The van der Waals surface area contributed by atoms with Gasteiger partial charge in [-0.1, -0.05) is 61.7 Å². The van der Waals surface area contributed by atoms with E-state index in [1.165, 1.54) is 0 Å². The van der Waals surface area contributed by atoms with Crippen molar-refractivity contribution in [2.45, 2.75) is 25.3 Å². The molecular formula is C24H23NO4. The van der Waals surface area contributed by atoms with Gasteiger partial charge in [0, 0.05) is 5.56 Å². The number of nitrogens with zero attached hydrogens (tertiary/aromatic N) is 1. The van der Waals surface area contributed by atoms with Gasteiger partial charge in [-0.2, -0.15) is 0 Å². The van der Waals surface area contributed by atoms with E-state index in [1.807, 2.05) is 42.5 Å². The Kier molecular flexibility index (Phi) is 5.32. The molecule has 2 fully saturated rings. The third-order valence-electron chi connectivity index (χ3n) is 5.51. The summed E-state index contributed by atoms with van der Waals surface area (Å²) >= 11 is 0. The highest BCUT2D eigenvalue weighted by Crippen LogP contribution is 2.41. The van der Waals surface area contributed by atoms with Crippen molar-refractivity contribution in [2.24, 2.45) is 5.92 Å². The minimum atomic E-state index is -0.440. The summed E-state index contributed by atoms with van der Waals surface area (Å²) in [6, 6.07) is 16.6. The summed E-state index contributed by atoms with van der Waals surface area (Å²) in [5.41, 5.74) is 2.99. The van der Waals surface area contributed by atoms with Crippen LogP contribution in [0.4, 0.5) is 0 Å². The number of benzene rings is 2. The zero-order valence-corrected chi connectivity index (χ0v) is 16.1. The van der Waals surface area contributed by atoms with Crippen LogP contribution in [0.2, 0.25) is 0 Å². The largest absolute Gasteiger partial charge is 0.457 e. The summed E-state index contributed by atoms with van der Waals surface area (Å²) in [5, 5.41) is 0. The fourth-order valence-electron chi connectivity index (χ4n) is 3.88. The van der Waals surface area contributed by atoms with Gasteiger partial charge in [0.05, 0.1) is 24.1 Å². The first-order valence-corrected chi connectivity index (χ1v) is 9.64. The number of hydrogen-bond acceptors (Lipinski definition) is 4. The number of carbonyl (C=O) groups is 2. The van der Waals surface area contributed by atoms with Gasteiger partial charge in [-0.25, -0.2) is 4.79 Å². The van der Waals surface area contributed by atoms with Crippen molar-refractivity contribution < 1.29 is 19.1 Å². The maximum absolute atomic E-state index is 12.8. The van der Waals surface area contributed by atoms with Crippen LogP contribution in [-0.4, -0.2) is 29.4 Å². The van der Waals surface area contributed by atoms with E-state index in [9.17, 15) is 9.59 Å². The van der Waals surface area contributed by atoms with Gasteiger partial charge in [0.1, 0.15) is 6.61 Å². The number of fused-ring (bicyclic) bond motifs is 1. The van der Waals surface area contributed by atoms with Gasteiger partial charge < -0.3 is 14.4 Å². The molecule has 3 atom stereocenters. The Morgan fingerprint density at radius 1 is 1.17 bits per heavy atom. The third kappa shape index (κ3) is 3.74. The molecule has 2 aliphatic heterocycles. The Labute approximate surface area is 170 Å². The molecule has 0 aromatic heterocycles. The summed E-state index contributed by atoms with van der Waals surface area (Å²) in [5.74, 6) is -0.588. The Balaban J connectivity index is 1.43. The summed E-state index contributed by atoms with van der Waals surface area (Å²) in [6.45, 7) is 8.40. The molecule has 2 aromatic carbocycles. The van der Waals surface area contributed by atoms with Crippen molar-refractivity contribution in [3.05, 3.63) is 96.1 Å². The standard InChI is InChI=1S/C24H23NO4/c1-3-16(2)21-13-20-15-28-23(25(20)22(21)26)18-9-11-19(12-10-18)24(27)29-14-17-7-5-4-6-8-17/h3-12,20-21,23H,1-2,13-15H2/t20-,21-,23+/m0/s1. The monoisotopic (exact) mass is 389 g/mol. The molecule has 2 aliphatic rings. The molecule has 4 rings (SSSR count). The normalized spacial score (nSPS) is 23.0. The summed E-state index contributed by atoms with van der Waals surface area (Å²) in [6.07, 6.45) is 1.91. The van der Waals surface area contributed by atoms with E-state index in [1.54, 1.807) is 23.1 Å². The molecule has 0 unspecified atom stereocenters. The van der Waals surface area contributed by atoms with Gasteiger partial charge in [0.2, 0.25) is 5.91 Å². The molecule has 2 heterocycles. The van der Waals surface area contributed by atoms with Crippen LogP contribution in [0.3, 0.4) is 0 Å². The highest BCUT2D eigenvalue weighted by Gasteiger charge is 2.48. The second kappa shape index (κ2) is 8.05. The Hall–Kier alpha value is -3.18.